The second-order valence-electron chi connectivity index (χ2n) is 5.30. The van der Waals surface area contributed by atoms with Crippen LogP contribution in [-0.2, 0) is 9.53 Å². The number of aliphatic carboxylic acids is 1. The lowest BCUT2D eigenvalue weighted by molar-refractivity contribution is -0.144. The first kappa shape index (κ1) is 15.5. The van der Waals surface area contributed by atoms with E-state index < -0.39 is 17.4 Å². The summed E-state index contributed by atoms with van der Waals surface area (Å²) in [5.74, 6) is -1.61. The molecule has 2 aromatic rings. The number of carboxylic acid groups (broad SMARTS) is 1. The van der Waals surface area contributed by atoms with Crippen LogP contribution in [0.25, 0.3) is 5.69 Å². The van der Waals surface area contributed by atoms with Crippen LogP contribution in [-0.4, -0.2) is 45.5 Å². The molecule has 23 heavy (non-hydrogen) atoms. The average molecular weight is 336 g/mol. The smallest absolute Gasteiger partial charge is 0.331 e. The number of ether oxygens (including phenoxy) is 1. The molecule has 0 saturated carbocycles. The fourth-order valence-corrected chi connectivity index (χ4v) is 2.56. The van der Waals surface area contributed by atoms with Crippen LogP contribution in [0.2, 0.25) is 5.02 Å². The van der Waals surface area contributed by atoms with E-state index >= 15 is 0 Å². The van der Waals surface area contributed by atoms with E-state index in [4.69, 9.17) is 16.3 Å². The number of carboxylic acids is 1. The van der Waals surface area contributed by atoms with Crippen LogP contribution >= 0.6 is 11.6 Å². The third-order valence-corrected chi connectivity index (χ3v) is 3.94. The molecular formula is C15H14ClN3O4. The van der Waals surface area contributed by atoms with E-state index in [1.54, 1.807) is 24.3 Å². The van der Waals surface area contributed by atoms with Crippen molar-refractivity contribution in [1.82, 2.24) is 15.1 Å². The van der Waals surface area contributed by atoms with Gasteiger partial charge in [0.2, 0.25) is 0 Å². The van der Waals surface area contributed by atoms with Crippen LogP contribution in [0.4, 0.5) is 0 Å². The molecule has 120 valence electrons. The molecule has 1 aliphatic rings. The zero-order chi connectivity index (χ0) is 16.4. The minimum atomic E-state index is -1.38. The van der Waals surface area contributed by atoms with Gasteiger partial charge in [0.15, 0.2) is 5.54 Å². The standard InChI is InChI=1S/C15H14ClN3O4/c16-11-2-1-3-12(6-11)19-8-10(7-17-19)13(20)18-15(14(21)22)4-5-23-9-15/h1-3,6-8H,4-5,9H2,(H,18,20)(H,21,22). The molecule has 1 atom stereocenters. The van der Waals surface area contributed by atoms with Crippen LogP contribution in [0.15, 0.2) is 36.7 Å². The molecule has 0 radical (unpaired) electrons. The van der Waals surface area contributed by atoms with Gasteiger partial charge >= 0.3 is 5.97 Å². The number of benzene rings is 1. The molecule has 8 heteroatoms. The van der Waals surface area contributed by atoms with Crippen molar-refractivity contribution in [1.29, 1.82) is 0 Å². The van der Waals surface area contributed by atoms with Crippen LogP contribution in [0.1, 0.15) is 16.8 Å². The van der Waals surface area contributed by atoms with Crippen molar-refractivity contribution in [2.24, 2.45) is 0 Å². The fourth-order valence-electron chi connectivity index (χ4n) is 2.38. The summed E-state index contributed by atoms with van der Waals surface area (Å²) in [5.41, 5.74) is -0.416. The molecule has 1 aromatic carbocycles. The fraction of sp³-hybridized carbons (Fsp3) is 0.267. The van der Waals surface area contributed by atoms with E-state index in [2.05, 4.69) is 10.4 Å². The highest BCUT2D eigenvalue weighted by molar-refractivity contribution is 6.30. The molecule has 1 fully saturated rings. The Bertz CT molecular complexity index is 753. The quantitative estimate of drug-likeness (QED) is 0.883. The summed E-state index contributed by atoms with van der Waals surface area (Å²) in [6, 6.07) is 7.01. The van der Waals surface area contributed by atoms with Crippen molar-refractivity contribution in [3.05, 3.63) is 47.2 Å². The summed E-state index contributed by atoms with van der Waals surface area (Å²) in [4.78, 5) is 23.7. The number of aromatic nitrogens is 2. The van der Waals surface area contributed by atoms with Gasteiger partial charge in [0.1, 0.15) is 0 Å². The first-order chi connectivity index (χ1) is 11.0. The van der Waals surface area contributed by atoms with E-state index in [1.165, 1.54) is 17.1 Å². The average Bonchev–Trinajstić information content (AvgIpc) is 3.17. The zero-order valence-corrected chi connectivity index (χ0v) is 12.8. The highest BCUT2D eigenvalue weighted by Gasteiger charge is 2.44. The van der Waals surface area contributed by atoms with Gasteiger partial charge in [-0.3, -0.25) is 4.79 Å². The number of rotatable bonds is 4. The Morgan fingerprint density at radius 3 is 2.91 bits per heavy atom. The Labute approximate surface area is 136 Å². The SMILES string of the molecule is O=C(NC1(C(=O)O)CCOC1)c1cnn(-c2cccc(Cl)c2)c1. The first-order valence-corrected chi connectivity index (χ1v) is 7.32. The lowest BCUT2D eigenvalue weighted by Crippen LogP contribution is -2.55. The maximum atomic E-state index is 12.3. The lowest BCUT2D eigenvalue weighted by atomic mass is 9.98. The molecule has 0 spiro atoms. The number of nitrogens with zero attached hydrogens (tertiary/aromatic N) is 2. The van der Waals surface area contributed by atoms with Crippen LogP contribution in [0.3, 0.4) is 0 Å². The Balaban J connectivity index is 1.80. The van der Waals surface area contributed by atoms with Gasteiger partial charge < -0.3 is 15.2 Å². The second-order valence-corrected chi connectivity index (χ2v) is 5.73. The Morgan fingerprint density at radius 2 is 2.26 bits per heavy atom. The van der Waals surface area contributed by atoms with Gasteiger partial charge in [-0.1, -0.05) is 17.7 Å². The zero-order valence-electron chi connectivity index (χ0n) is 12.0. The van der Waals surface area contributed by atoms with Crippen molar-refractivity contribution in [2.45, 2.75) is 12.0 Å². The van der Waals surface area contributed by atoms with Gasteiger partial charge in [-0.15, -0.1) is 0 Å². The van der Waals surface area contributed by atoms with Crippen molar-refractivity contribution >= 4 is 23.5 Å². The number of nitrogens with one attached hydrogen (secondary N) is 1. The van der Waals surface area contributed by atoms with Gasteiger partial charge in [0.25, 0.3) is 5.91 Å². The lowest BCUT2D eigenvalue weighted by Gasteiger charge is -2.23. The first-order valence-electron chi connectivity index (χ1n) is 6.94. The molecule has 7 nitrogen and oxygen atoms in total. The maximum Gasteiger partial charge on any atom is 0.331 e. The van der Waals surface area contributed by atoms with Crippen LogP contribution in [0.5, 0.6) is 0 Å². The summed E-state index contributed by atoms with van der Waals surface area (Å²) < 4.78 is 6.61. The summed E-state index contributed by atoms with van der Waals surface area (Å²) in [6.07, 6.45) is 3.13. The van der Waals surface area contributed by atoms with E-state index in [0.29, 0.717) is 17.3 Å². The largest absolute Gasteiger partial charge is 0.479 e. The molecule has 2 N–H and O–H groups in total. The van der Waals surface area contributed by atoms with E-state index in [9.17, 15) is 14.7 Å². The Hall–Kier alpha value is -2.38. The van der Waals surface area contributed by atoms with E-state index in [0.717, 1.165) is 0 Å². The summed E-state index contributed by atoms with van der Waals surface area (Å²) in [6.45, 7) is 0.255. The molecule has 2 heterocycles. The summed E-state index contributed by atoms with van der Waals surface area (Å²) in [7, 11) is 0. The maximum absolute atomic E-state index is 12.3. The van der Waals surface area contributed by atoms with E-state index in [-0.39, 0.29) is 18.6 Å². The van der Waals surface area contributed by atoms with Gasteiger partial charge in [-0.25, -0.2) is 9.48 Å². The van der Waals surface area contributed by atoms with E-state index in [1.807, 2.05) is 0 Å². The predicted molar refractivity (Wildman–Crippen MR) is 81.8 cm³/mol. The van der Waals surface area contributed by atoms with Crippen molar-refractivity contribution in [2.75, 3.05) is 13.2 Å². The number of amides is 1. The predicted octanol–water partition coefficient (Wildman–Crippen LogP) is 1.50. The third kappa shape index (κ3) is 3.06. The minimum absolute atomic E-state index is 0.0451. The molecule has 0 bridgehead atoms. The molecule has 1 aliphatic heterocycles. The second kappa shape index (κ2) is 6.02. The highest BCUT2D eigenvalue weighted by Crippen LogP contribution is 2.20. The molecule has 1 saturated heterocycles. The monoisotopic (exact) mass is 335 g/mol. The van der Waals surface area contributed by atoms with Crippen molar-refractivity contribution in [3.63, 3.8) is 0 Å². The minimum Gasteiger partial charge on any atom is -0.479 e. The normalized spacial score (nSPS) is 20.4. The number of hydrogen-bond acceptors (Lipinski definition) is 4. The van der Waals surface area contributed by atoms with Crippen molar-refractivity contribution < 1.29 is 19.4 Å². The van der Waals surface area contributed by atoms with Gasteiger partial charge in [-0.05, 0) is 18.2 Å². The van der Waals surface area contributed by atoms with Crippen LogP contribution < -0.4 is 5.32 Å². The molecule has 1 aromatic heterocycles. The van der Waals surface area contributed by atoms with Gasteiger partial charge in [0.05, 0.1) is 24.1 Å². The van der Waals surface area contributed by atoms with Crippen LogP contribution in [0, 0.1) is 0 Å². The Kier molecular flexibility index (Phi) is 4.06. The molecule has 0 aliphatic carbocycles. The topological polar surface area (TPSA) is 93.5 Å². The number of hydrogen-bond donors (Lipinski definition) is 2. The molecular weight excluding hydrogens is 322 g/mol. The van der Waals surface area contributed by atoms with Gasteiger partial charge in [0, 0.05) is 24.2 Å². The Morgan fingerprint density at radius 1 is 1.43 bits per heavy atom. The number of carbonyl (C=O) groups is 2. The highest BCUT2D eigenvalue weighted by atomic mass is 35.5. The molecule has 3 rings (SSSR count). The number of halogens is 1. The summed E-state index contributed by atoms with van der Waals surface area (Å²) in [5, 5.41) is 16.5. The number of carbonyl (C=O) groups excluding carboxylic acids is 1. The summed E-state index contributed by atoms with van der Waals surface area (Å²) >= 11 is 5.93. The third-order valence-electron chi connectivity index (χ3n) is 3.70. The molecule has 1 unspecified atom stereocenters. The van der Waals surface area contributed by atoms with Gasteiger partial charge in [-0.2, -0.15) is 5.10 Å². The molecule has 1 amide bonds. The van der Waals surface area contributed by atoms with Crippen molar-refractivity contribution in [3.8, 4) is 5.69 Å².